The van der Waals surface area contributed by atoms with Crippen LogP contribution in [0.25, 0.3) is 94.3 Å². The topological polar surface area (TPSA) is 43.1 Å². The van der Waals surface area contributed by atoms with Gasteiger partial charge in [0.15, 0.2) is 5.82 Å². The number of benzene rings is 6. The molecule has 244 valence electrons. The summed E-state index contributed by atoms with van der Waals surface area (Å²) in [7, 11) is 0. The van der Waals surface area contributed by atoms with E-state index in [9.17, 15) is 0 Å². The highest BCUT2D eigenvalue weighted by Crippen LogP contribution is 2.53. The number of para-hydroxylation sites is 2. The number of nitrogens with zero attached hydrogens (tertiary/aromatic N) is 4. The number of hydrogen-bond acceptors (Lipinski definition) is 3. The summed E-state index contributed by atoms with van der Waals surface area (Å²) in [4.78, 5) is 14.5. The van der Waals surface area contributed by atoms with Crippen molar-refractivity contribution in [3.63, 3.8) is 0 Å². The van der Waals surface area contributed by atoms with Gasteiger partial charge in [0.25, 0.3) is 0 Å². The summed E-state index contributed by atoms with van der Waals surface area (Å²) in [5, 5.41) is 5.18. The number of rotatable bonds is 4. The normalized spacial score (nSPS) is 13.3. The standard InChI is InChI=1S/C48H32N4/c1-48(2)40-20-19-31(47-50-41(29-11-4-3-5-12-29)28-42(51-47)30-21-23-49-24-22-30)25-37(40)36-16-10-15-33(45(36)48)32-26-38-34-13-6-8-17-43(34)52-44-18-9-7-14-35(44)39(27-32)46(38)52/h3-28H,1-2H3. The molecular formula is C48H32N4. The first-order chi connectivity index (χ1) is 25.5. The molecule has 0 N–H and O–H groups in total. The Kier molecular flexibility index (Phi) is 5.98. The number of fused-ring (bicyclic) bond motifs is 9. The van der Waals surface area contributed by atoms with Crippen molar-refractivity contribution in [2.24, 2.45) is 0 Å². The molecule has 4 nitrogen and oxygen atoms in total. The predicted molar refractivity (Wildman–Crippen MR) is 214 cm³/mol. The Morgan fingerprint density at radius 3 is 1.77 bits per heavy atom. The van der Waals surface area contributed by atoms with Crippen LogP contribution in [0.3, 0.4) is 0 Å². The second kappa shape index (κ2) is 10.7. The summed E-state index contributed by atoms with van der Waals surface area (Å²) in [6, 6.07) is 52.5. The maximum atomic E-state index is 5.14. The highest BCUT2D eigenvalue weighted by atomic mass is 14.9. The molecule has 0 saturated heterocycles. The highest BCUT2D eigenvalue weighted by Gasteiger charge is 2.38. The average molecular weight is 665 g/mol. The zero-order valence-electron chi connectivity index (χ0n) is 28.8. The van der Waals surface area contributed by atoms with Gasteiger partial charge in [-0.3, -0.25) is 4.98 Å². The molecule has 0 saturated carbocycles. The molecule has 0 atom stereocenters. The van der Waals surface area contributed by atoms with Crippen molar-refractivity contribution in [2.75, 3.05) is 0 Å². The maximum absolute atomic E-state index is 5.14. The van der Waals surface area contributed by atoms with Crippen molar-refractivity contribution in [3.8, 4) is 56.2 Å². The molecule has 1 aliphatic carbocycles. The molecule has 52 heavy (non-hydrogen) atoms. The molecule has 4 heterocycles. The van der Waals surface area contributed by atoms with Gasteiger partial charge in [-0.1, -0.05) is 111 Å². The zero-order valence-corrected chi connectivity index (χ0v) is 28.8. The first kappa shape index (κ1) is 29.1. The van der Waals surface area contributed by atoms with Crippen molar-refractivity contribution in [1.82, 2.24) is 19.4 Å². The monoisotopic (exact) mass is 664 g/mol. The van der Waals surface area contributed by atoms with Crippen molar-refractivity contribution >= 4 is 38.1 Å². The third-order valence-electron chi connectivity index (χ3n) is 11.2. The molecule has 4 heteroatoms. The van der Waals surface area contributed by atoms with Gasteiger partial charge >= 0.3 is 0 Å². The zero-order chi connectivity index (χ0) is 34.6. The Morgan fingerprint density at radius 1 is 0.462 bits per heavy atom. The van der Waals surface area contributed by atoms with Crippen LogP contribution in [-0.2, 0) is 5.41 Å². The van der Waals surface area contributed by atoms with Gasteiger partial charge in [0.05, 0.1) is 27.9 Å². The van der Waals surface area contributed by atoms with Crippen LogP contribution in [-0.4, -0.2) is 19.4 Å². The van der Waals surface area contributed by atoms with Crippen molar-refractivity contribution in [3.05, 3.63) is 169 Å². The molecule has 0 fully saturated rings. The van der Waals surface area contributed by atoms with Crippen molar-refractivity contribution < 1.29 is 0 Å². The van der Waals surface area contributed by atoms with Gasteiger partial charge in [0.1, 0.15) is 0 Å². The maximum Gasteiger partial charge on any atom is 0.160 e. The fraction of sp³-hybridized carbons (Fsp3) is 0.0625. The molecule has 0 unspecified atom stereocenters. The lowest BCUT2D eigenvalue weighted by atomic mass is 9.78. The van der Waals surface area contributed by atoms with Gasteiger partial charge in [0, 0.05) is 56.0 Å². The van der Waals surface area contributed by atoms with Crippen LogP contribution < -0.4 is 0 Å². The van der Waals surface area contributed by atoms with E-state index in [4.69, 9.17) is 9.97 Å². The van der Waals surface area contributed by atoms with Crippen LogP contribution in [0.5, 0.6) is 0 Å². The van der Waals surface area contributed by atoms with Crippen LogP contribution >= 0.6 is 0 Å². The largest absolute Gasteiger partial charge is 0.308 e. The van der Waals surface area contributed by atoms with Crippen LogP contribution in [0.2, 0.25) is 0 Å². The van der Waals surface area contributed by atoms with Gasteiger partial charge in [-0.05, 0) is 81.9 Å². The van der Waals surface area contributed by atoms with E-state index in [2.05, 4.69) is 151 Å². The van der Waals surface area contributed by atoms with E-state index in [1.807, 2.05) is 30.6 Å². The smallest absolute Gasteiger partial charge is 0.160 e. The number of hydrogen-bond donors (Lipinski definition) is 0. The van der Waals surface area contributed by atoms with Gasteiger partial charge in [-0.25, -0.2) is 9.97 Å². The van der Waals surface area contributed by atoms with E-state index < -0.39 is 0 Å². The van der Waals surface area contributed by atoms with Gasteiger partial charge in [-0.15, -0.1) is 0 Å². The minimum absolute atomic E-state index is 0.212. The summed E-state index contributed by atoms with van der Waals surface area (Å²) < 4.78 is 2.45. The molecule has 6 aromatic carbocycles. The molecule has 11 rings (SSSR count). The quantitative estimate of drug-likeness (QED) is 0.188. The van der Waals surface area contributed by atoms with E-state index in [-0.39, 0.29) is 5.41 Å². The number of pyridine rings is 1. The third-order valence-corrected chi connectivity index (χ3v) is 11.2. The second-order valence-corrected chi connectivity index (χ2v) is 14.5. The Morgan fingerprint density at radius 2 is 1.08 bits per heavy atom. The van der Waals surface area contributed by atoms with E-state index >= 15 is 0 Å². The fourth-order valence-corrected chi connectivity index (χ4v) is 8.89. The number of aromatic nitrogens is 4. The van der Waals surface area contributed by atoms with Gasteiger partial charge in [-0.2, -0.15) is 0 Å². The summed E-state index contributed by atoms with van der Waals surface area (Å²) in [6.07, 6.45) is 3.63. The van der Waals surface area contributed by atoms with Crippen LogP contribution in [0.15, 0.2) is 158 Å². The minimum atomic E-state index is -0.212. The lowest BCUT2D eigenvalue weighted by Gasteiger charge is -2.24. The Labute approximate surface area is 301 Å². The molecule has 0 spiro atoms. The molecule has 0 amide bonds. The Bertz CT molecular complexity index is 2890. The first-order valence-corrected chi connectivity index (χ1v) is 17.9. The minimum Gasteiger partial charge on any atom is -0.308 e. The summed E-state index contributed by atoms with van der Waals surface area (Å²) >= 11 is 0. The lowest BCUT2D eigenvalue weighted by molar-refractivity contribution is 0.662. The van der Waals surface area contributed by atoms with Gasteiger partial charge < -0.3 is 4.40 Å². The molecule has 0 aliphatic heterocycles. The fourth-order valence-electron chi connectivity index (χ4n) is 8.89. The molecule has 10 aromatic rings. The third kappa shape index (κ3) is 4.06. The summed E-state index contributed by atoms with van der Waals surface area (Å²) in [6.45, 7) is 4.74. The van der Waals surface area contributed by atoms with E-state index in [1.165, 1.54) is 71.5 Å². The molecule has 0 bridgehead atoms. The summed E-state index contributed by atoms with van der Waals surface area (Å²) in [5.41, 5.74) is 16.2. The van der Waals surface area contributed by atoms with E-state index in [0.717, 1.165) is 28.1 Å². The van der Waals surface area contributed by atoms with Gasteiger partial charge in [0.2, 0.25) is 0 Å². The van der Waals surface area contributed by atoms with E-state index in [0.29, 0.717) is 5.82 Å². The van der Waals surface area contributed by atoms with Crippen LogP contribution in [0.1, 0.15) is 25.0 Å². The van der Waals surface area contributed by atoms with E-state index in [1.54, 1.807) is 0 Å². The van der Waals surface area contributed by atoms with Crippen molar-refractivity contribution in [1.29, 1.82) is 0 Å². The van der Waals surface area contributed by atoms with Crippen molar-refractivity contribution in [2.45, 2.75) is 19.3 Å². The summed E-state index contributed by atoms with van der Waals surface area (Å²) in [5.74, 6) is 0.710. The van der Waals surface area contributed by atoms with Crippen LogP contribution in [0, 0.1) is 0 Å². The lowest BCUT2D eigenvalue weighted by Crippen LogP contribution is -2.16. The predicted octanol–water partition coefficient (Wildman–Crippen LogP) is 12.0. The Hall–Kier alpha value is -6.65. The van der Waals surface area contributed by atoms with Crippen LogP contribution in [0.4, 0.5) is 0 Å². The SMILES string of the molecule is CC1(C)c2ccc(-c3nc(-c4ccccc4)cc(-c4ccncc4)n3)cc2-c2cccc(-c3cc4c5ccccc5n5c6ccccc6c(c3)c45)c21. The Balaban J connectivity index is 1.11. The average Bonchev–Trinajstić information content (AvgIpc) is 3.80. The first-order valence-electron chi connectivity index (χ1n) is 17.9. The highest BCUT2D eigenvalue weighted by molar-refractivity contribution is 6.24. The molecule has 0 radical (unpaired) electrons. The second-order valence-electron chi connectivity index (χ2n) is 14.5. The molecular weight excluding hydrogens is 633 g/mol. The molecule has 4 aromatic heterocycles. The molecule has 1 aliphatic rings.